The number of carbonyl (C=O) groups excluding carboxylic acids is 1. The van der Waals surface area contributed by atoms with Gasteiger partial charge in [0.15, 0.2) is 0 Å². The second-order valence-corrected chi connectivity index (χ2v) is 4.53. The Kier molecular flexibility index (Phi) is 3.93. The van der Waals surface area contributed by atoms with Gasteiger partial charge in [0.25, 0.3) is 0 Å². The van der Waals surface area contributed by atoms with E-state index in [-0.39, 0.29) is 24.0 Å². The number of nitrogens with zero attached hydrogens (tertiary/aromatic N) is 1. The van der Waals surface area contributed by atoms with E-state index in [1.54, 1.807) is 0 Å². The summed E-state index contributed by atoms with van der Waals surface area (Å²) in [5.41, 5.74) is 0. The third-order valence-corrected chi connectivity index (χ3v) is 2.42. The summed E-state index contributed by atoms with van der Waals surface area (Å²) in [6.45, 7) is 9.58. The summed E-state index contributed by atoms with van der Waals surface area (Å²) < 4.78 is 5.68. The van der Waals surface area contributed by atoms with E-state index in [0.717, 1.165) is 19.5 Å². The molecule has 82 valence electrons. The maximum Gasteiger partial charge on any atom is 0.225 e. The van der Waals surface area contributed by atoms with Crippen LogP contribution in [0, 0.1) is 5.92 Å². The van der Waals surface area contributed by atoms with Crippen molar-refractivity contribution in [3.05, 3.63) is 0 Å². The molecule has 3 nitrogen and oxygen atoms in total. The highest BCUT2D eigenvalue weighted by molar-refractivity contribution is 5.78. The van der Waals surface area contributed by atoms with Crippen molar-refractivity contribution >= 4 is 5.91 Å². The highest BCUT2D eigenvalue weighted by Gasteiger charge is 2.28. The number of rotatable bonds is 3. The number of likely N-dealkylation sites (tertiary alicyclic amines) is 1. The molecule has 0 spiro atoms. The maximum atomic E-state index is 11.6. The Hall–Kier alpha value is -0.570. The van der Waals surface area contributed by atoms with Crippen LogP contribution in [0.4, 0.5) is 0 Å². The molecule has 0 radical (unpaired) electrons. The molecule has 0 aromatic rings. The summed E-state index contributed by atoms with van der Waals surface area (Å²) in [4.78, 5) is 13.6. The molecule has 0 bridgehead atoms. The molecule has 1 aliphatic rings. The molecular weight excluding hydrogens is 178 g/mol. The normalized spacial score (nSPS) is 22.4. The zero-order chi connectivity index (χ0) is 10.7. The standard InChI is InChI=1S/C11H21NO2/c1-8(2)11(13)12-6-5-10(7-12)14-9(3)4/h8-10H,5-7H2,1-4H3. The Morgan fingerprint density at radius 2 is 2.00 bits per heavy atom. The largest absolute Gasteiger partial charge is 0.374 e. The molecule has 14 heavy (non-hydrogen) atoms. The van der Waals surface area contributed by atoms with Crippen LogP contribution in [-0.4, -0.2) is 36.1 Å². The molecule has 1 saturated heterocycles. The molecule has 1 fully saturated rings. The molecule has 1 unspecified atom stereocenters. The average Bonchev–Trinajstić information content (AvgIpc) is 2.50. The van der Waals surface area contributed by atoms with E-state index in [1.807, 2.05) is 32.6 Å². The molecule has 0 aromatic carbocycles. The summed E-state index contributed by atoms with van der Waals surface area (Å²) in [6, 6.07) is 0. The fraction of sp³-hybridized carbons (Fsp3) is 0.909. The Morgan fingerprint density at radius 3 is 2.50 bits per heavy atom. The summed E-state index contributed by atoms with van der Waals surface area (Å²) >= 11 is 0. The number of carbonyl (C=O) groups is 1. The maximum absolute atomic E-state index is 11.6. The zero-order valence-electron chi connectivity index (χ0n) is 9.62. The van der Waals surface area contributed by atoms with Crippen molar-refractivity contribution in [2.75, 3.05) is 13.1 Å². The van der Waals surface area contributed by atoms with E-state index in [1.165, 1.54) is 0 Å². The summed E-state index contributed by atoms with van der Waals surface area (Å²) in [5, 5.41) is 0. The Balaban J connectivity index is 2.37. The van der Waals surface area contributed by atoms with Crippen LogP contribution < -0.4 is 0 Å². The topological polar surface area (TPSA) is 29.5 Å². The van der Waals surface area contributed by atoms with Gasteiger partial charge in [0, 0.05) is 19.0 Å². The van der Waals surface area contributed by atoms with Crippen LogP contribution in [-0.2, 0) is 9.53 Å². The number of hydrogen-bond donors (Lipinski definition) is 0. The minimum atomic E-state index is 0.104. The summed E-state index contributed by atoms with van der Waals surface area (Å²) in [5.74, 6) is 0.354. The first-order valence-electron chi connectivity index (χ1n) is 5.45. The van der Waals surface area contributed by atoms with Crippen LogP contribution >= 0.6 is 0 Å². The molecule has 0 N–H and O–H groups in total. The lowest BCUT2D eigenvalue weighted by atomic mass is 10.2. The Morgan fingerprint density at radius 1 is 1.36 bits per heavy atom. The van der Waals surface area contributed by atoms with Gasteiger partial charge >= 0.3 is 0 Å². The predicted octanol–water partition coefficient (Wildman–Crippen LogP) is 1.67. The lowest BCUT2D eigenvalue weighted by molar-refractivity contribution is -0.134. The first kappa shape index (κ1) is 11.5. The molecule has 0 aliphatic carbocycles. The van der Waals surface area contributed by atoms with E-state index >= 15 is 0 Å². The molecule has 1 heterocycles. The quantitative estimate of drug-likeness (QED) is 0.692. The van der Waals surface area contributed by atoms with Crippen molar-refractivity contribution in [3.63, 3.8) is 0 Å². The third-order valence-electron chi connectivity index (χ3n) is 2.42. The van der Waals surface area contributed by atoms with Gasteiger partial charge in [-0.15, -0.1) is 0 Å². The highest BCUT2D eigenvalue weighted by atomic mass is 16.5. The average molecular weight is 199 g/mol. The molecule has 3 heteroatoms. The molecule has 1 rings (SSSR count). The number of hydrogen-bond acceptors (Lipinski definition) is 2. The predicted molar refractivity (Wildman–Crippen MR) is 56.0 cm³/mol. The second-order valence-electron chi connectivity index (χ2n) is 4.53. The SMILES string of the molecule is CC(C)OC1CCN(C(=O)C(C)C)C1. The summed E-state index contributed by atoms with van der Waals surface area (Å²) in [6.07, 6.45) is 1.49. The van der Waals surface area contributed by atoms with Gasteiger partial charge in [0.2, 0.25) is 5.91 Å². The van der Waals surface area contributed by atoms with Crippen molar-refractivity contribution in [2.45, 2.75) is 46.3 Å². The lowest BCUT2D eigenvalue weighted by Crippen LogP contribution is -2.33. The highest BCUT2D eigenvalue weighted by Crippen LogP contribution is 2.16. The Labute approximate surface area is 86.4 Å². The fourth-order valence-corrected chi connectivity index (χ4v) is 1.79. The van der Waals surface area contributed by atoms with Crippen LogP contribution in [0.15, 0.2) is 0 Å². The van der Waals surface area contributed by atoms with Crippen molar-refractivity contribution in [2.24, 2.45) is 5.92 Å². The molecule has 1 aliphatic heterocycles. The molecule has 1 amide bonds. The molecule has 1 atom stereocenters. The van der Waals surface area contributed by atoms with E-state index in [2.05, 4.69) is 0 Å². The first-order chi connectivity index (χ1) is 6.50. The first-order valence-corrected chi connectivity index (χ1v) is 5.45. The zero-order valence-corrected chi connectivity index (χ0v) is 9.62. The van der Waals surface area contributed by atoms with Crippen LogP contribution in [0.3, 0.4) is 0 Å². The van der Waals surface area contributed by atoms with Gasteiger partial charge in [-0.1, -0.05) is 13.8 Å². The number of ether oxygens (including phenoxy) is 1. The van der Waals surface area contributed by atoms with Crippen molar-refractivity contribution in [1.29, 1.82) is 0 Å². The summed E-state index contributed by atoms with van der Waals surface area (Å²) in [7, 11) is 0. The van der Waals surface area contributed by atoms with E-state index in [0.29, 0.717) is 0 Å². The van der Waals surface area contributed by atoms with Crippen molar-refractivity contribution in [1.82, 2.24) is 4.90 Å². The van der Waals surface area contributed by atoms with E-state index < -0.39 is 0 Å². The Bertz CT molecular complexity index is 201. The van der Waals surface area contributed by atoms with Crippen LogP contribution in [0.2, 0.25) is 0 Å². The number of amides is 1. The van der Waals surface area contributed by atoms with Gasteiger partial charge in [-0.2, -0.15) is 0 Å². The minimum Gasteiger partial charge on any atom is -0.374 e. The van der Waals surface area contributed by atoms with Gasteiger partial charge < -0.3 is 9.64 Å². The van der Waals surface area contributed by atoms with E-state index in [4.69, 9.17) is 4.74 Å². The van der Waals surface area contributed by atoms with Crippen LogP contribution in [0.5, 0.6) is 0 Å². The second kappa shape index (κ2) is 4.78. The molecule has 0 aromatic heterocycles. The van der Waals surface area contributed by atoms with Gasteiger partial charge in [0.1, 0.15) is 0 Å². The smallest absolute Gasteiger partial charge is 0.225 e. The van der Waals surface area contributed by atoms with Crippen molar-refractivity contribution < 1.29 is 9.53 Å². The lowest BCUT2D eigenvalue weighted by Gasteiger charge is -2.19. The monoisotopic (exact) mass is 199 g/mol. The van der Waals surface area contributed by atoms with Gasteiger partial charge in [-0.25, -0.2) is 0 Å². The van der Waals surface area contributed by atoms with Gasteiger partial charge in [-0.05, 0) is 20.3 Å². The van der Waals surface area contributed by atoms with Gasteiger partial charge in [0.05, 0.1) is 12.2 Å². The van der Waals surface area contributed by atoms with Crippen molar-refractivity contribution in [3.8, 4) is 0 Å². The van der Waals surface area contributed by atoms with Crippen LogP contribution in [0.25, 0.3) is 0 Å². The van der Waals surface area contributed by atoms with Gasteiger partial charge in [-0.3, -0.25) is 4.79 Å². The molecule has 0 saturated carbocycles. The van der Waals surface area contributed by atoms with E-state index in [9.17, 15) is 4.79 Å². The minimum absolute atomic E-state index is 0.104. The molecular formula is C11H21NO2. The fourth-order valence-electron chi connectivity index (χ4n) is 1.79. The third kappa shape index (κ3) is 2.98. The van der Waals surface area contributed by atoms with Crippen LogP contribution in [0.1, 0.15) is 34.1 Å².